The molecule has 0 amide bonds. The monoisotopic (exact) mass is 253 g/mol. The van der Waals surface area contributed by atoms with Crippen LogP contribution in [0.4, 0.5) is 0 Å². The Labute approximate surface area is 113 Å². The van der Waals surface area contributed by atoms with Gasteiger partial charge in [0.2, 0.25) is 0 Å². The van der Waals surface area contributed by atoms with E-state index in [1.54, 1.807) is 0 Å². The van der Waals surface area contributed by atoms with Crippen molar-refractivity contribution in [3.8, 4) is 23.3 Å². The first-order valence-electron chi connectivity index (χ1n) is 6.18. The van der Waals surface area contributed by atoms with E-state index >= 15 is 0 Å². The maximum absolute atomic E-state index is 8.68. The van der Waals surface area contributed by atoms with Gasteiger partial charge in [0.1, 0.15) is 17.2 Å². The lowest BCUT2D eigenvalue weighted by Gasteiger charge is -2.08. The number of rotatable bonds is 5. The molecule has 96 valence electrons. The Balaban J connectivity index is 2.08. The van der Waals surface area contributed by atoms with Crippen LogP contribution < -0.4 is 9.47 Å². The van der Waals surface area contributed by atoms with Gasteiger partial charge in [-0.1, -0.05) is 12.1 Å². The van der Waals surface area contributed by atoms with Gasteiger partial charge in [0.05, 0.1) is 19.1 Å². The third-order valence-corrected chi connectivity index (χ3v) is 2.55. The normalized spacial score (nSPS) is 9.68. The van der Waals surface area contributed by atoms with Crippen LogP contribution in [0.15, 0.2) is 48.5 Å². The zero-order valence-corrected chi connectivity index (χ0v) is 10.8. The minimum Gasteiger partial charge on any atom is -0.494 e. The van der Waals surface area contributed by atoms with Gasteiger partial charge in [-0.2, -0.15) is 5.26 Å². The van der Waals surface area contributed by atoms with Gasteiger partial charge >= 0.3 is 0 Å². The molecule has 19 heavy (non-hydrogen) atoms. The lowest BCUT2D eigenvalue weighted by molar-refractivity contribution is 0.339. The Hall–Kier alpha value is -2.47. The van der Waals surface area contributed by atoms with Crippen molar-refractivity contribution in [2.45, 2.75) is 13.3 Å². The van der Waals surface area contributed by atoms with E-state index in [0.717, 1.165) is 22.8 Å². The summed E-state index contributed by atoms with van der Waals surface area (Å²) in [6.45, 7) is 2.60. The standard InChI is InChI=1S/C16H15NO2/c1-2-18-14-6-8-15(9-7-14)19-16-5-3-4-13(12-16)10-11-17/h3-9,12H,2,10H2,1H3. The van der Waals surface area contributed by atoms with Crippen molar-refractivity contribution in [3.63, 3.8) is 0 Å². The molecule has 0 saturated carbocycles. The Morgan fingerprint density at radius 1 is 1.00 bits per heavy atom. The number of ether oxygens (including phenoxy) is 2. The molecular weight excluding hydrogens is 238 g/mol. The van der Waals surface area contributed by atoms with E-state index in [2.05, 4.69) is 6.07 Å². The molecule has 0 heterocycles. The van der Waals surface area contributed by atoms with Gasteiger partial charge in [-0.3, -0.25) is 0 Å². The summed E-state index contributed by atoms with van der Waals surface area (Å²) in [5.41, 5.74) is 0.950. The summed E-state index contributed by atoms with van der Waals surface area (Å²) < 4.78 is 11.1. The number of hydrogen-bond donors (Lipinski definition) is 0. The first-order chi connectivity index (χ1) is 9.31. The highest BCUT2D eigenvalue weighted by Crippen LogP contribution is 2.24. The molecule has 0 radical (unpaired) electrons. The van der Waals surface area contributed by atoms with Gasteiger partial charge in [0.25, 0.3) is 0 Å². The number of benzene rings is 2. The molecule has 0 bridgehead atoms. The molecule has 0 N–H and O–H groups in total. The Bertz CT molecular complexity index is 570. The zero-order valence-electron chi connectivity index (χ0n) is 10.8. The first kappa shape index (κ1) is 13.0. The van der Waals surface area contributed by atoms with E-state index in [-0.39, 0.29) is 0 Å². The van der Waals surface area contributed by atoms with Gasteiger partial charge in [-0.15, -0.1) is 0 Å². The molecule has 0 aliphatic rings. The maximum Gasteiger partial charge on any atom is 0.127 e. The molecule has 0 spiro atoms. The van der Waals surface area contributed by atoms with Crippen molar-refractivity contribution in [2.24, 2.45) is 0 Å². The third-order valence-electron chi connectivity index (χ3n) is 2.55. The van der Waals surface area contributed by atoms with E-state index in [9.17, 15) is 0 Å². The summed E-state index contributed by atoms with van der Waals surface area (Å²) in [6.07, 6.45) is 0.389. The minimum atomic E-state index is 0.389. The third kappa shape index (κ3) is 3.75. The van der Waals surface area contributed by atoms with Crippen LogP contribution in [0.25, 0.3) is 0 Å². The Morgan fingerprint density at radius 3 is 2.42 bits per heavy atom. The van der Waals surface area contributed by atoms with Crippen LogP contribution in [0, 0.1) is 11.3 Å². The van der Waals surface area contributed by atoms with E-state index < -0.39 is 0 Å². The highest BCUT2D eigenvalue weighted by atomic mass is 16.5. The van der Waals surface area contributed by atoms with Crippen LogP contribution in [-0.4, -0.2) is 6.61 Å². The van der Waals surface area contributed by atoms with Crippen LogP contribution in [0.1, 0.15) is 12.5 Å². The SMILES string of the molecule is CCOc1ccc(Oc2cccc(CC#N)c2)cc1. The molecule has 2 aromatic carbocycles. The van der Waals surface area contributed by atoms with E-state index in [0.29, 0.717) is 13.0 Å². The molecule has 3 heteroatoms. The molecule has 2 aromatic rings. The molecule has 0 atom stereocenters. The quantitative estimate of drug-likeness (QED) is 0.810. The van der Waals surface area contributed by atoms with Gasteiger partial charge in [-0.25, -0.2) is 0 Å². The smallest absolute Gasteiger partial charge is 0.127 e. The number of hydrogen-bond acceptors (Lipinski definition) is 3. The van der Waals surface area contributed by atoms with Gasteiger partial charge in [0.15, 0.2) is 0 Å². The predicted octanol–water partition coefficient (Wildman–Crippen LogP) is 3.94. The van der Waals surface area contributed by atoms with Crippen molar-refractivity contribution in [3.05, 3.63) is 54.1 Å². The van der Waals surface area contributed by atoms with Crippen molar-refractivity contribution >= 4 is 0 Å². The Morgan fingerprint density at radius 2 is 1.74 bits per heavy atom. The van der Waals surface area contributed by atoms with Gasteiger partial charge < -0.3 is 9.47 Å². The van der Waals surface area contributed by atoms with Gasteiger partial charge in [-0.05, 0) is 48.9 Å². The molecule has 0 aliphatic heterocycles. The molecule has 0 aliphatic carbocycles. The van der Waals surface area contributed by atoms with E-state index in [4.69, 9.17) is 14.7 Å². The van der Waals surface area contributed by atoms with Crippen LogP contribution in [0.2, 0.25) is 0 Å². The second kappa shape index (κ2) is 6.46. The van der Waals surface area contributed by atoms with Gasteiger partial charge in [0, 0.05) is 0 Å². The second-order valence-corrected chi connectivity index (χ2v) is 3.99. The Kier molecular flexibility index (Phi) is 4.41. The minimum absolute atomic E-state index is 0.389. The summed E-state index contributed by atoms with van der Waals surface area (Å²) in [5, 5.41) is 8.68. The van der Waals surface area contributed by atoms with E-state index in [1.165, 1.54) is 0 Å². The topological polar surface area (TPSA) is 42.2 Å². The average Bonchev–Trinajstić information content (AvgIpc) is 2.42. The number of nitriles is 1. The van der Waals surface area contributed by atoms with Crippen molar-refractivity contribution < 1.29 is 9.47 Å². The summed E-state index contributed by atoms with van der Waals surface area (Å²) in [5.74, 6) is 2.31. The number of nitrogens with zero attached hydrogens (tertiary/aromatic N) is 1. The van der Waals surface area contributed by atoms with Crippen LogP contribution in [-0.2, 0) is 6.42 Å². The maximum atomic E-state index is 8.68. The van der Waals surface area contributed by atoms with Crippen molar-refractivity contribution in [1.82, 2.24) is 0 Å². The highest BCUT2D eigenvalue weighted by Gasteiger charge is 2.00. The fourth-order valence-electron chi connectivity index (χ4n) is 1.72. The van der Waals surface area contributed by atoms with Crippen LogP contribution >= 0.6 is 0 Å². The molecule has 0 saturated heterocycles. The van der Waals surface area contributed by atoms with E-state index in [1.807, 2.05) is 55.5 Å². The second-order valence-electron chi connectivity index (χ2n) is 3.99. The highest BCUT2D eigenvalue weighted by molar-refractivity contribution is 5.37. The largest absolute Gasteiger partial charge is 0.494 e. The molecule has 3 nitrogen and oxygen atoms in total. The predicted molar refractivity (Wildman–Crippen MR) is 73.4 cm³/mol. The fourth-order valence-corrected chi connectivity index (χ4v) is 1.72. The summed E-state index contributed by atoms with van der Waals surface area (Å²) in [4.78, 5) is 0. The molecule has 2 rings (SSSR count). The lowest BCUT2D eigenvalue weighted by Crippen LogP contribution is -1.91. The average molecular weight is 253 g/mol. The summed E-state index contributed by atoms with van der Waals surface area (Å²) in [6, 6.07) is 17.1. The molecular formula is C16H15NO2. The van der Waals surface area contributed by atoms with Crippen LogP contribution in [0.3, 0.4) is 0 Å². The molecule has 0 unspecified atom stereocenters. The zero-order chi connectivity index (χ0) is 13.5. The van der Waals surface area contributed by atoms with Crippen molar-refractivity contribution in [1.29, 1.82) is 5.26 Å². The van der Waals surface area contributed by atoms with Crippen LogP contribution in [0.5, 0.6) is 17.2 Å². The van der Waals surface area contributed by atoms with Crippen molar-refractivity contribution in [2.75, 3.05) is 6.61 Å². The molecule has 0 fully saturated rings. The lowest BCUT2D eigenvalue weighted by atomic mass is 10.1. The summed E-state index contributed by atoms with van der Waals surface area (Å²) >= 11 is 0. The summed E-state index contributed by atoms with van der Waals surface area (Å²) in [7, 11) is 0. The molecule has 0 aromatic heterocycles. The first-order valence-corrected chi connectivity index (χ1v) is 6.18. The fraction of sp³-hybridized carbons (Fsp3) is 0.188.